The normalized spacial score (nSPS) is 10.3. The summed E-state index contributed by atoms with van der Waals surface area (Å²) >= 11 is 3.42. The number of hydrogen-bond acceptors (Lipinski definition) is 5. The summed E-state index contributed by atoms with van der Waals surface area (Å²) in [5.74, 6) is 1.21. The summed E-state index contributed by atoms with van der Waals surface area (Å²) in [5, 5.41) is 12.9. The lowest BCUT2D eigenvalue weighted by atomic mass is 10.1. The van der Waals surface area contributed by atoms with Crippen LogP contribution in [-0.4, -0.2) is 20.4 Å². The van der Waals surface area contributed by atoms with Crippen LogP contribution < -0.4 is 9.47 Å². The van der Waals surface area contributed by atoms with Crippen LogP contribution in [0, 0.1) is 11.3 Å². The molecule has 0 N–H and O–H groups in total. The second kappa shape index (κ2) is 8.20. The highest BCUT2D eigenvalue weighted by molar-refractivity contribution is 9.10. The van der Waals surface area contributed by atoms with E-state index >= 15 is 0 Å². The van der Waals surface area contributed by atoms with Crippen LogP contribution in [0.4, 0.5) is 0 Å². The highest BCUT2D eigenvalue weighted by atomic mass is 79.9. The van der Waals surface area contributed by atoms with Gasteiger partial charge in [-0.1, -0.05) is 23.4 Å². The van der Waals surface area contributed by atoms with E-state index in [1.807, 2.05) is 24.3 Å². The van der Waals surface area contributed by atoms with E-state index in [-0.39, 0.29) is 6.61 Å². The molecule has 0 aliphatic heterocycles. The molecule has 0 unspecified atom stereocenters. The van der Waals surface area contributed by atoms with Crippen LogP contribution >= 0.6 is 15.9 Å². The average Bonchev–Trinajstić information content (AvgIpc) is 2.58. The van der Waals surface area contributed by atoms with Gasteiger partial charge >= 0.3 is 0 Å². The summed E-state index contributed by atoms with van der Waals surface area (Å²) in [5.41, 5.74) is 2.17. The highest BCUT2D eigenvalue weighted by Gasteiger charge is 2.09. The van der Waals surface area contributed by atoms with Crippen LogP contribution in [0.25, 0.3) is 0 Å². The van der Waals surface area contributed by atoms with Crippen molar-refractivity contribution in [1.29, 1.82) is 5.26 Å². The lowest BCUT2D eigenvalue weighted by Crippen LogP contribution is -1.95. The third-order valence-corrected chi connectivity index (χ3v) is 3.68. The van der Waals surface area contributed by atoms with Crippen molar-refractivity contribution >= 4 is 22.1 Å². The van der Waals surface area contributed by atoms with Crippen LogP contribution in [-0.2, 0) is 11.4 Å². The standard InChI is InChI=1S/C17H15BrN2O3/c1-21-16-8-12(7-15(18)17(16)22-2)10-20-23-11-14-6-4-3-5-13(14)9-19/h3-8,10H,11H2,1-2H3/b20-10+. The van der Waals surface area contributed by atoms with Gasteiger partial charge in [-0.3, -0.25) is 0 Å². The molecule has 6 heteroatoms. The summed E-state index contributed by atoms with van der Waals surface area (Å²) in [6.45, 7) is 0.231. The molecule has 23 heavy (non-hydrogen) atoms. The van der Waals surface area contributed by atoms with Crippen LogP contribution in [0.1, 0.15) is 16.7 Å². The molecule has 2 aromatic rings. The molecule has 0 radical (unpaired) electrons. The van der Waals surface area contributed by atoms with Gasteiger partial charge in [0.2, 0.25) is 0 Å². The fourth-order valence-corrected chi connectivity index (χ4v) is 2.59. The summed E-state index contributed by atoms with van der Waals surface area (Å²) < 4.78 is 11.3. The van der Waals surface area contributed by atoms with E-state index in [4.69, 9.17) is 19.6 Å². The van der Waals surface area contributed by atoms with E-state index in [0.29, 0.717) is 17.1 Å². The Hall–Kier alpha value is -2.52. The molecule has 5 nitrogen and oxygen atoms in total. The zero-order valence-corrected chi connectivity index (χ0v) is 14.3. The van der Waals surface area contributed by atoms with Gasteiger partial charge in [0.15, 0.2) is 11.5 Å². The monoisotopic (exact) mass is 374 g/mol. The summed E-state index contributed by atoms with van der Waals surface area (Å²) in [4.78, 5) is 5.27. The molecule has 0 spiro atoms. The van der Waals surface area contributed by atoms with Crippen molar-refractivity contribution < 1.29 is 14.3 Å². The van der Waals surface area contributed by atoms with Crippen molar-refractivity contribution in [2.24, 2.45) is 5.16 Å². The van der Waals surface area contributed by atoms with Gasteiger partial charge in [0.05, 0.1) is 36.5 Å². The minimum Gasteiger partial charge on any atom is -0.493 e. The predicted octanol–water partition coefficient (Wildman–Crippen LogP) is 3.89. The van der Waals surface area contributed by atoms with Crippen molar-refractivity contribution in [3.05, 3.63) is 57.6 Å². The fraction of sp³-hybridized carbons (Fsp3) is 0.176. The molecule has 118 valence electrons. The van der Waals surface area contributed by atoms with Gasteiger partial charge in [0.25, 0.3) is 0 Å². The Morgan fingerprint density at radius 2 is 2.00 bits per heavy atom. The smallest absolute Gasteiger partial charge is 0.174 e. The Morgan fingerprint density at radius 3 is 2.70 bits per heavy atom. The van der Waals surface area contributed by atoms with Gasteiger partial charge in [-0.2, -0.15) is 5.26 Å². The first-order valence-corrected chi connectivity index (χ1v) is 7.53. The Labute approximate surface area is 143 Å². The number of ether oxygens (including phenoxy) is 2. The largest absolute Gasteiger partial charge is 0.493 e. The van der Waals surface area contributed by atoms with E-state index in [2.05, 4.69) is 27.2 Å². The first-order valence-electron chi connectivity index (χ1n) is 6.74. The molecule has 0 fully saturated rings. The number of methoxy groups -OCH3 is 2. The lowest BCUT2D eigenvalue weighted by molar-refractivity contribution is 0.132. The van der Waals surface area contributed by atoms with Crippen LogP contribution in [0.2, 0.25) is 0 Å². The molecule has 0 aliphatic carbocycles. The molecule has 2 aromatic carbocycles. The molecule has 0 amide bonds. The lowest BCUT2D eigenvalue weighted by Gasteiger charge is -2.10. The third kappa shape index (κ3) is 4.24. The maximum absolute atomic E-state index is 9.02. The van der Waals surface area contributed by atoms with Crippen molar-refractivity contribution in [2.75, 3.05) is 14.2 Å². The van der Waals surface area contributed by atoms with Gasteiger partial charge in [0.1, 0.15) is 6.61 Å². The molecule has 0 aliphatic rings. The third-order valence-electron chi connectivity index (χ3n) is 3.09. The molecule has 0 saturated carbocycles. The van der Waals surface area contributed by atoms with Gasteiger partial charge in [-0.25, -0.2) is 0 Å². The van der Waals surface area contributed by atoms with E-state index in [1.54, 1.807) is 32.6 Å². The molecular formula is C17H15BrN2O3. The van der Waals surface area contributed by atoms with E-state index in [1.165, 1.54) is 0 Å². The van der Waals surface area contributed by atoms with E-state index < -0.39 is 0 Å². The number of nitrogens with zero attached hydrogens (tertiary/aromatic N) is 2. The van der Waals surface area contributed by atoms with Crippen molar-refractivity contribution in [2.45, 2.75) is 6.61 Å². The summed E-state index contributed by atoms with van der Waals surface area (Å²) in [6, 6.07) is 13.0. The molecule has 0 bridgehead atoms. The maximum atomic E-state index is 9.02. The second-order valence-corrected chi connectivity index (χ2v) is 5.37. The topological polar surface area (TPSA) is 63.8 Å². The van der Waals surface area contributed by atoms with Crippen LogP contribution in [0.3, 0.4) is 0 Å². The summed E-state index contributed by atoms with van der Waals surface area (Å²) in [7, 11) is 3.15. The molecule has 0 aromatic heterocycles. The highest BCUT2D eigenvalue weighted by Crippen LogP contribution is 2.35. The Morgan fingerprint density at radius 1 is 1.22 bits per heavy atom. The number of rotatable bonds is 6. The Kier molecular flexibility index (Phi) is 6.01. The molecule has 2 rings (SSSR count). The van der Waals surface area contributed by atoms with Gasteiger partial charge < -0.3 is 14.3 Å². The molecule has 0 saturated heterocycles. The van der Waals surface area contributed by atoms with Crippen molar-refractivity contribution in [3.8, 4) is 17.6 Å². The first-order chi connectivity index (χ1) is 11.2. The quantitative estimate of drug-likeness (QED) is 0.568. The van der Waals surface area contributed by atoms with E-state index in [9.17, 15) is 0 Å². The van der Waals surface area contributed by atoms with Gasteiger partial charge in [-0.05, 0) is 34.1 Å². The molecular weight excluding hydrogens is 360 g/mol. The first kappa shape index (κ1) is 16.8. The zero-order chi connectivity index (χ0) is 16.7. The molecule has 0 heterocycles. The number of nitriles is 1. The number of benzene rings is 2. The fourth-order valence-electron chi connectivity index (χ4n) is 1.97. The molecule has 0 atom stereocenters. The number of hydrogen-bond donors (Lipinski definition) is 0. The van der Waals surface area contributed by atoms with E-state index in [0.717, 1.165) is 15.6 Å². The Bertz CT molecular complexity index is 754. The zero-order valence-electron chi connectivity index (χ0n) is 12.7. The van der Waals surface area contributed by atoms with Crippen molar-refractivity contribution in [1.82, 2.24) is 0 Å². The number of halogens is 1. The maximum Gasteiger partial charge on any atom is 0.174 e. The predicted molar refractivity (Wildman–Crippen MR) is 90.8 cm³/mol. The van der Waals surface area contributed by atoms with Crippen LogP contribution in [0.15, 0.2) is 46.0 Å². The second-order valence-electron chi connectivity index (χ2n) is 4.52. The van der Waals surface area contributed by atoms with Crippen LogP contribution in [0.5, 0.6) is 11.5 Å². The van der Waals surface area contributed by atoms with Gasteiger partial charge in [0, 0.05) is 11.1 Å². The minimum atomic E-state index is 0.231. The Balaban J connectivity index is 2.07. The minimum absolute atomic E-state index is 0.231. The average molecular weight is 375 g/mol. The van der Waals surface area contributed by atoms with Gasteiger partial charge in [-0.15, -0.1) is 0 Å². The van der Waals surface area contributed by atoms with Crippen molar-refractivity contribution in [3.63, 3.8) is 0 Å². The summed E-state index contributed by atoms with van der Waals surface area (Å²) in [6.07, 6.45) is 1.57. The SMILES string of the molecule is COc1cc(/C=N/OCc2ccccc2C#N)cc(Br)c1OC. The number of oxime groups is 1.